The van der Waals surface area contributed by atoms with Crippen molar-refractivity contribution in [1.82, 2.24) is 4.90 Å². The molecule has 1 saturated heterocycles. The Balaban J connectivity index is 1.41. The van der Waals surface area contributed by atoms with E-state index in [-0.39, 0.29) is 30.2 Å². The summed E-state index contributed by atoms with van der Waals surface area (Å²) in [7, 11) is 0. The van der Waals surface area contributed by atoms with Gasteiger partial charge in [-0.15, -0.1) is 0 Å². The molecule has 2 atom stereocenters. The van der Waals surface area contributed by atoms with E-state index in [0.717, 1.165) is 24.2 Å². The van der Waals surface area contributed by atoms with Crippen LogP contribution in [0.4, 0.5) is 5.69 Å². The Hall–Kier alpha value is -3.48. The molecule has 0 unspecified atom stereocenters. The smallest absolute Gasteiger partial charge is 0.338 e. The molecule has 2 aliphatic rings. The SMILES string of the molecule is C[C@H]1CCC[C@H](C)N1C(=O)COC(=O)c1ccc(N2C(=O)c3ccccc3C2=O)cc1. The van der Waals surface area contributed by atoms with Crippen LogP contribution >= 0.6 is 0 Å². The molecule has 0 aliphatic carbocycles. The molecule has 2 aliphatic heterocycles. The van der Waals surface area contributed by atoms with Gasteiger partial charge in [0.1, 0.15) is 0 Å². The van der Waals surface area contributed by atoms with Gasteiger partial charge in [0.15, 0.2) is 6.61 Å². The summed E-state index contributed by atoms with van der Waals surface area (Å²) >= 11 is 0. The van der Waals surface area contributed by atoms with Gasteiger partial charge >= 0.3 is 5.97 Å². The first-order chi connectivity index (χ1) is 14.9. The molecule has 0 saturated carbocycles. The van der Waals surface area contributed by atoms with Crippen LogP contribution in [0.5, 0.6) is 0 Å². The number of benzene rings is 2. The number of hydrogen-bond donors (Lipinski definition) is 0. The minimum Gasteiger partial charge on any atom is -0.452 e. The van der Waals surface area contributed by atoms with Crippen molar-refractivity contribution in [1.29, 1.82) is 0 Å². The van der Waals surface area contributed by atoms with Crippen LogP contribution < -0.4 is 4.90 Å². The first-order valence-corrected chi connectivity index (χ1v) is 10.4. The number of amides is 3. The second-order valence-electron chi connectivity index (χ2n) is 8.04. The van der Waals surface area contributed by atoms with E-state index in [0.29, 0.717) is 16.8 Å². The van der Waals surface area contributed by atoms with Crippen LogP contribution in [0.15, 0.2) is 48.5 Å². The van der Waals surface area contributed by atoms with E-state index in [1.807, 2.05) is 13.8 Å². The van der Waals surface area contributed by atoms with Gasteiger partial charge in [-0.05, 0) is 69.5 Å². The van der Waals surface area contributed by atoms with Crippen molar-refractivity contribution in [2.45, 2.75) is 45.2 Å². The number of imide groups is 1. The van der Waals surface area contributed by atoms with E-state index >= 15 is 0 Å². The van der Waals surface area contributed by atoms with Gasteiger partial charge < -0.3 is 9.64 Å². The van der Waals surface area contributed by atoms with Gasteiger partial charge in [0.2, 0.25) is 0 Å². The van der Waals surface area contributed by atoms with Crippen molar-refractivity contribution in [3.63, 3.8) is 0 Å². The number of rotatable bonds is 4. The summed E-state index contributed by atoms with van der Waals surface area (Å²) in [6.07, 6.45) is 2.98. The maximum atomic E-state index is 12.6. The zero-order valence-electron chi connectivity index (χ0n) is 17.5. The lowest BCUT2D eigenvalue weighted by atomic mass is 9.97. The number of piperidine rings is 1. The van der Waals surface area contributed by atoms with Crippen LogP contribution in [-0.2, 0) is 9.53 Å². The molecule has 0 radical (unpaired) electrons. The molecule has 0 spiro atoms. The van der Waals surface area contributed by atoms with E-state index in [1.165, 1.54) is 24.3 Å². The Labute approximate surface area is 180 Å². The highest BCUT2D eigenvalue weighted by atomic mass is 16.5. The van der Waals surface area contributed by atoms with Crippen LogP contribution in [0.2, 0.25) is 0 Å². The van der Waals surface area contributed by atoms with Gasteiger partial charge in [0.05, 0.1) is 22.4 Å². The van der Waals surface area contributed by atoms with Crippen LogP contribution in [0.3, 0.4) is 0 Å². The second-order valence-corrected chi connectivity index (χ2v) is 8.04. The van der Waals surface area contributed by atoms with Gasteiger partial charge in [0, 0.05) is 12.1 Å². The fourth-order valence-electron chi connectivity index (χ4n) is 4.37. The molecule has 1 fully saturated rings. The van der Waals surface area contributed by atoms with E-state index in [9.17, 15) is 19.2 Å². The average molecular weight is 420 g/mol. The molecule has 4 rings (SSSR count). The predicted octanol–water partition coefficient (Wildman–Crippen LogP) is 3.43. The number of carbonyl (C=O) groups is 4. The summed E-state index contributed by atoms with van der Waals surface area (Å²) in [5, 5.41) is 0. The van der Waals surface area contributed by atoms with Gasteiger partial charge in [0.25, 0.3) is 17.7 Å². The molecule has 31 heavy (non-hydrogen) atoms. The fraction of sp³-hybridized carbons (Fsp3) is 0.333. The predicted molar refractivity (Wildman–Crippen MR) is 114 cm³/mol. The Morgan fingerprint density at radius 2 is 1.45 bits per heavy atom. The summed E-state index contributed by atoms with van der Waals surface area (Å²) in [5.41, 5.74) is 1.33. The number of anilines is 1. The number of likely N-dealkylation sites (tertiary alicyclic amines) is 1. The fourth-order valence-corrected chi connectivity index (χ4v) is 4.37. The van der Waals surface area contributed by atoms with Crippen molar-refractivity contribution in [2.75, 3.05) is 11.5 Å². The van der Waals surface area contributed by atoms with Crippen molar-refractivity contribution in [2.24, 2.45) is 0 Å². The van der Waals surface area contributed by atoms with Crippen molar-refractivity contribution in [3.05, 3.63) is 65.2 Å². The average Bonchev–Trinajstić information content (AvgIpc) is 3.02. The highest BCUT2D eigenvalue weighted by Crippen LogP contribution is 2.28. The van der Waals surface area contributed by atoms with E-state index in [2.05, 4.69) is 0 Å². The van der Waals surface area contributed by atoms with Gasteiger partial charge in [-0.1, -0.05) is 12.1 Å². The highest BCUT2D eigenvalue weighted by Gasteiger charge is 2.36. The molecule has 0 bridgehead atoms. The summed E-state index contributed by atoms with van der Waals surface area (Å²) in [6.45, 7) is 3.70. The molecule has 3 amide bonds. The molecule has 2 aromatic rings. The molecule has 7 heteroatoms. The number of esters is 1. The topological polar surface area (TPSA) is 84.0 Å². The van der Waals surface area contributed by atoms with E-state index in [4.69, 9.17) is 4.74 Å². The largest absolute Gasteiger partial charge is 0.452 e. The lowest BCUT2D eigenvalue weighted by Crippen LogP contribution is -2.49. The van der Waals surface area contributed by atoms with Crippen LogP contribution in [0.25, 0.3) is 0 Å². The maximum Gasteiger partial charge on any atom is 0.338 e. The third kappa shape index (κ3) is 3.83. The lowest BCUT2D eigenvalue weighted by Gasteiger charge is -2.38. The van der Waals surface area contributed by atoms with E-state index in [1.54, 1.807) is 29.2 Å². The standard InChI is InChI=1S/C24H24N2O5/c1-15-6-5-7-16(2)25(15)21(27)14-31-24(30)17-10-12-18(13-11-17)26-22(28)19-8-3-4-9-20(19)23(26)29/h3-4,8-13,15-16H,5-7,14H2,1-2H3/t15-,16-/m0/s1. The number of fused-ring (bicyclic) bond motifs is 1. The number of hydrogen-bond acceptors (Lipinski definition) is 5. The zero-order chi connectivity index (χ0) is 22.1. The quantitative estimate of drug-likeness (QED) is 0.559. The Morgan fingerprint density at radius 3 is 2.00 bits per heavy atom. The second kappa shape index (κ2) is 8.34. The molecular formula is C24H24N2O5. The maximum absolute atomic E-state index is 12.6. The first-order valence-electron chi connectivity index (χ1n) is 10.4. The van der Waals surface area contributed by atoms with E-state index < -0.39 is 17.8 Å². The van der Waals surface area contributed by atoms with Crippen molar-refractivity contribution >= 4 is 29.4 Å². The molecule has 0 N–H and O–H groups in total. The number of ether oxygens (including phenoxy) is 1. The molecule has 0 aromatic heterocycles. The van der Waals surface area contributed by atoms with Crippen molar-refractivity contribution < 1.29 is 23.9 Å². The number of carbonyl (C=O) groups excluding carboxylic acids is 4. The Kier molecular flexibility index (Phi) is 5.59. The van der Waals surface area contributed by atoms with Gasteiger partial charge in [-0.25, -0.2) is 9.69 Å². The monoisotopic (exact) mass is 420 g/mol. The molecule has 2 aromatic carbocycles. The third-order valence-electron chi connectivity index (χ3n) is 5.96. The summed E-state index contributed by atoms with van der Waals surface area (Å²) in [5.74, 6) is -1.62. The summed E-state index contributed by atoms with van der Waals surface area (Å²) < 4.78 is 5.22. The highest BCUT2D eigenvalue weighted by molar-refractivity contribution is 6.34. The molecular weight excluding hydrogens is 396 g/mol. The van der Waals surface area contributed by atoms with Crippen LogP contribution in [-0.4, -0.2) is 47.3 Å². The van der Waals surface area contributed by atoms with Gasteiger partial charge in [-0.2, -0.15) is 0 Å². The molecule has 160 valence electrons. The zero-order valence-corrected chi connectivity index (χ0v) is 17.5. The van der Waals surface area contributed by atoms with Crippen LogP contribution in [0.1, 0.15) is 64.2 Å². The van der Waals surface area contributed by atoms with Crippen molar-refractivity contribution in [3.8, 4) is 0 Å². The minimum absolute atomic E-state index is 0.133. The third-order valence-corrected chi connectivity index (χ3v) is 5.96. The first kappa shape index (κ1) is 20.8. The lowest BCUT2D eigenvalue weighted by molar-refractivity contribution is -0.140. The Morgan fingerprint density at radius 1 is 0.903 bits per heavy atom. The van der Waals surface area contributed by atoms with Gasteiger partial charge in [-0.3, -0.25) is 14.4 Å². The number of nitrogens with zero attached hydrogens (tertiary/aromatic N) is 2. The molecule has 7 nitrogen and oxygen atoms in total. The molecule has 2 heterocycles. The van der Waals surface area contributed by atoms with Crippen LogP contribution in [0, 0.1) is 0 Å². The summed E-state index contributed by atoms with van der Waals surface area (Å²) in [4.78, 5) is 53.0. The normalized spacial score (nSPS) is 20.6. The Bertz CT molecular complexity index is 1000. The summed E-state index contributed by atoms with van der Waals surface area (Å²) in [6, 6.07) is 12.9. The minimum atomic E-state index is -0.625.